The highest BCUT2D eigenvalue weighted by Gasteiger charge is 2.43. The quantitative estimate of drug-likeness (QED) is 0.238. The Hall–Kier alpha value is -1.22. The Balaban J connectivity index is 2.23. The molecule has 0 aliphatic carbocycles. The highest BCUT2D eigenvalue weighted by atomic mass is 32.2. The van der Waals surface area contributed by atoms with Gasteiger partial charge in [0.15, 0.2) is 0 Å². The van der Waals surface area contributed by atoms with Crippen LogP contribution in [0.1, 0.15) is 12.0 Å². The minimum Gasteiger partial charge on any atom is -0.691 e. The maximum atomic E-state index is 12.9. The summed E-state index contributed by atoms with van der Waals surface area (Å²) in [6.07, 6.45) is 1.02. The van der Waals surface area contributed by atoms with Crippen molar-refractivity contribution in [3.8, 4) is 0 Å². The minimum absolute atomic E-state index is 0.151. The molecule has 0 aliphatic heterocycles. The highest BCUT2D eigenvalue weighted by molar-refractivity contribution is 7.96. The van der Waals surface area contributed by atoms with E-state index in [0.717, 1.165) is 5.56 Å². The molecule has 0 atom stereocenters. The molecule has 0 saturated carbocycles. The number of halogens is 2. The van der Waals surface area contributed by atoms with E-state index in [1.165, 1.54) is 0 Å². The molecular weight excluding hydrogens is 282 g/mol. The van der Waals surface area contributed by atoms with E-state index in [1.54, 1.807) is 0 Å². The third kappa shape index (κ3) is 5.97. The molecule has 0 amide bonds. The third-order valence-electron chi connectivity index (χ3n) is 2.09. The zero-order valence-corrected chi connectivity index (χ0v) is 10.5. The normalized spacial score (nSPS) is 11.3. The minimum atomic E-state index is -3.98. The maximum absolute atomic E-state index is 12.9. The summed E-state index contributed by atoms with van der Waals surface area (Å²) in [6.45, 7) is -0.151. The van der Waals surface area contributed by atoms with Crippen LogP contribution in [-0.2, 0) is 25.3 Å². The van der Waals surface area contributed by atoms with Crippen molar-refractivity contribution < 1.29 is 32.9 Å². The van der Waals surface area contributed by atoms with E-state index in [-0.39, 0.29) is 6.61 Å². The number of esters is 1. The van der Waals surface area contributed by atoms with Gasteiger partial charge >= 0.3 is 11.2 Å². The van der Waals surface area contributed by atoms with Crippen LogP contribution in [0.15, 0.2) is 30.3 Å². The van der Waals surface area contributed by atoms with Gasteiger partial charge in [-0.25, -0.2) is 4.79 Å². The van der Waals surface area contributed by atoms with Gasteiger partial charge in [-0.05, 0) is 18.4 Å². The molecule has 1 rings (SSSR count). The van der Waals surface area contributed by atoms with Crippen molar-refractivity contribution in [3.05, 3.63) is 35.9 Å². The zero-order chi connectivity index (χ0) is 14.1. The first-order chi connectivity index (χ1) is 9.06. The number of hydrogen-bond acceptors (Lipinski definition) is 6. The summed E-state index contributed by atoms with van der Waals surface area (Å²) in [4.78, 5) is 11.0. The molecule has 0 unspecified atom stereocenters. The Morgan fingerprint density at radius 2 is 2.00 bits per heavy atom. The van der Waals surface area contributed by atoms with Crippen molar-refractivity contribution >= 4 is 18.0 Å². The molecule has 0 aliphatic rings. The molecule has 0 fully saturated rings. The van der Waals surface area contributed by atoms with Crippen LogP contribution in [0.25, 0.3) is 0 Å². The van der Waals surface area contributed by atoms with Crippen LogP contribution < -0.4 is 5.26 Å². The van der Waals surface area contributed by atoms with Gasteiger partial charge in [0.05, 0.1) is 6.61 Å². The van der Waals surface area contributed by atoms with Gasteiger partial charge < -0.3 is 9.99 Å². The lowest BCUT2D eigenvalue weighted by atomic mass is 10.1. The Morgan fingerprint density at radius 1 is 1.32 bits per heavy atom. The van der Waals surface area contributed by atoms with Crippen LogP contribution in [0.3, 0.4) is 0 Å². The SMILES string of the molecule is O=C(OCCCc1ccccc1)C(F)(F)SOO[O-]. The second-order valence-corrected chi connectivity index (χ2v) is 4.28. The second-order valence-electron chi connectivity index (χ2n) is 3.46. The zero-order valence-electron chi connectivity index (χ0n) is 9.71. The molecule has 5 nitrogen and oxygen atoms in total. The lowest BCUT2D eigenvalue weighted by Gasteiger charge is -2.13. The fourth-order valence-corrected chi connectivity index (χ4v) is 1.50. The van der Waals surface area contributed by atoms with E-state index in [9.17, 15) is 18.8 Å². The molecule has 0 N–H and O–H groups in total. The summed E-state index contributed by atoms with van der Waals surface area (Å²) in [6, 6.07) is 9.33. The van der Waals surface area contributed by atoms with Crippen molar-refractivity contribution in [3.63, 3.8) is 0 Å². The van der Waals surface area contributed by atoms with Crippen LogP contribution in [0, 0.1) is 0 Å². The van der Waals surface area contributed by atoms with Crippen LogP contribution in [0.4, 0.5) is 8.78 Å². The molecular formula is C11H11F2O5S-. The number of alkyl halides is 2. The predicted octanol–water partition coefficient (Wildman–Crippen LogP) is 1.63. The highest BCUT2D eigenvalue weighted by Crippen LogP contribution is 2.30. The molecule has 8 heteroatoms. The molecule has 0 saturated heterocycles. The largest absolute Gasteiger partial charge is 0.691 e. The predicted molar refractivity (Wildman–Crippen MR) is 60.4 cm³/mol. The number of hydrogen-bond donors (Lipinski definition) is 0. The topological polar surface area (TPSA) is 67.8 Å². The van der Waals surface area contributed by atoms with E-state index >= 15 is 0 Å². The van der Waals surface area contributed by atoms with Crippen molar-refractivity contribution in [1.82, 2.24) is 0 Å². The number of carbonyl (C=O) groups is 1. The summed E-state index contributed by atoms with van der Waals surface area (Å²) in [5, 5.41) is 8.15. The lowest BCUT2D eigenvalue weighted by Crippen LogP contribution is -2.28. The molecule has 1 aromatic carbocycles. The van der Waals surface area contributed by atoms with Crippen molar-refractivity contribution in [2.24, 2.45) is 0 Å². The standard InChI is InChI=1S/C11H12F2O5S/c12-11(13,19-18-17-15)10(14)16-8-4-7-9-5-2-1-3-6-9/h1-3,5-6,15H,4,7-8H2/p-1. The van der Waals surface area contributed by atoms with Crippen LogP contribution >= 0.6 is 12.0 Å². The van der Waals surface area contributed by atoms with Crippen LogP contribution in [0.2, 0.25) is 0 Å². The Morgan fingerprint density at radius 3 is 2.63 bits per heavy atom. The lowest BCUT2D eigenvalue weighted by molar-refractivity contribution is -0.777. The van der Waals surface area contributed by atoms with E-state index in [2.05, 4.69) is 14.1 Å². The summed E-state index contributed by atoms with van der Waals surface area (Å²) in [5.41, 5.74) is 1.02. The molecule has 0 spiro atoms. The number of rotatable bonds is 8. The maximum Gasteiger partial charge on any atom is 0.415 e. The van der Waals surface area contributed by atoms with Gasteiger partial charge in [-0.3, -0.25) is 5.04 Å². The summed E-state index contributed by atoms with van der Waals surface area (Å²) < 4.78 is 33.6. The first-order valence-electron chi connectivity index (χ1n) is 5.29. The Labute approximate surface area is 112 Å². The number of carbonyl (C=O) groups excluding carboxylic acids is 1. The molecule has 0 aromatic heterocycles. The first-order valence-corrected chi connectivity index (χ1v) is 6.03. The smallest absolute Gasteiger partial charge is 0.415 e. The number of ether oxygens (including phenoxy) is 1. The Bertz CT molecular complexity index is 388. The van der Waals surface area contributed by atoms with Gasteiger partial charge in [-0.1, -0.05) is 30.3 Å². The average molecular weight is 293 g/mol. The van der Waals surface area contributed by atoms with Crippen molar-refractivity contribution in [2.45, 2.75) is 18.1 Å². The van der Waals surface area contributed by atoms with Gasteiger partial charge in [0.2, 0.25) is 0 Å². The van der Waals surface area contributed by atoms with Gasteiger partial charge in [0.25, 0.3) is 0 Å². The number of aryl methyl sites for hydroxylation is 1. The molecule has 0 bridgehead atoms. The second kappa shape index (κ2) is 8.05. The molecule has 106 valence electrons. The molecule has 0 heterocycles. The fraction of sp³-hybridized carbons (Fsp3) is 0.364. The Kier molecular flexibility index (Phi) is 6.71. The van der Waals surface area contributed by atoms with Crippen molar-refractivity contribution in [2.75, 3.05) is 6.61 Å². The molecule has 1 aromatic rings. The van der Waals surface area contributed by atoms with Gasteiger partial charge in [-0.15, -0.1) is 0 Å². The monoisotopic (exact) mass is 293 g/mol. The van der Waals surface area contributed by atoms with Crippen LogP contribution in [-0.4, -0.2) is 17.8 Å². The molecule has 0 radical (unpaired) electrons. The van der Waals surface area contributed by atoms with Crippen LogP contribution in [0.5, 0.6) is 0 Å². The van der Waals surface area contributed by atoms with Crippen molar-refractivity contribution in [1.29, 1.82) is 0 Å². The summed E-state index contributed by atoms with van der Waals surface area (Å²) in [7, 11) is 0. The number of benzene rings is 1. The van der Waals surface area contributed by atoms with E-state index in [4.69, 9.17) is 0 Å². The van der Waals surface area contributed by atoms with Gasteiger partial charge in [0, 0.05) is 0 Å². The first kappa shape index (κ1) is 15.8. The van der Waals surface area contributed by atoms with E-state index < -0.39 is 23.3 Å². The summed E-state index contributed by atoms with van der Waals surface area (Å²) in [5.74, 6) is -1.78. The van der Waals surface area contributed by atoms with E-state index in [1.807, 2.05) is 30.3 Å². The molecule has 19 heavy (non-hydrogen) atoms. The van der Waals surface area contributed by atoms with Gasteiger partial charge in [0.1, 0.15) is 12.0 Å². The fourth-order valence-electron chi connectivity index (χ4n) is 1.26. The van der Waals surface area contributed by atoms with Gasteiger partial charge in [-0.2, -0.15) is 13.1 Å². The van der Waals surface area contributed by atoms with E-state index in [0.29, 0.717) is 12.8 Å². The average Bonchev–Trinajstić information content (AvgIpc) is 2.42. The summed E-state index contributed by atoms with van der Waals surface area (Å²) >= 11 is -0.701. The third-order valence-corrected chi connectivity index (χ3v) is 2.59.